The third-order valence-corrected chi connectivity index (χ3v) is 2.52. The Morgan fingerprint density at radius 3 is 3.20 bits per heavy atom. The number of hydrogen-bond donors (Lipinski definition) is 1. The molecule has 82 valence electrons. The second kappa shape index (κ2) is 5.56. The number of hydrogen-bond acceptors (Lipinski definition) is 4. The van der Waals surface area contributed by atoms with E-state index in [9.17, 15) is 0 Å². The molecule has 0 radical (unpaired) electrons. The molecule has 2 unspecified atom stereocenters. The summed E-state index contributed by atoms with van der Waals surface area (Å²) in [4.78, 5) is 2.66. The van der Waals surface area contributed by atoms with Crippen LogP contribution in [0.3, 0.4) is 0 Å². The number of nitrogens with one attached hydrogen (secondary N) is 1. The molecule has 1 N–H and O–H groups in total. The van der Waals surface area contributed by atoms with Gasteiger partial charge in [-0.1, -0.05) is 5.11 Å². The van der Waals surface area contributed by atoms with Gasteiger partial charge in [0.15, 0.2) is 0 Å². The first kappa shape index (κ1) is 11.8. The van der Waals surface area contributed by atoms with Crippen LogP contribution in [0.15, 0.2) is 5.11 Å². The minimum Gasteiger partial charge on any atom is -0.378 e. The zero-order valence-electron chi connectivity index (χ0n) is 8.81. The lowest BCUT2D eigenvalue weighted by molar-refractivity contribution is -0.00288. The second-order valence-electron chi connectivity index (χ2n) is 3.71. The average molecular weight is 209 g/mol. The molecule has 2 atom stereocenters. The van der Waals surface area contributed by atoms with Gasteiger partial charge in [0.1, 0.15) is 5.54 Å². The summed E-state index contributed by atoms with van der Waals surface area (Å²) in [5.74, 6) is 0. The summed E-state index contributed by atoms with van der Waals surface area (Å²) >= 11 is 0. The molecule has 1 aliphatic heterocycles. The molecule has 0 aliphatic carbocycles. The van der Waals surface area contributed by atoms with Gasteiger partial charge in [0.25, 0.3) is 0 Å². The van der Waals surface area contributed by atoms with Gasteiger partial charge in [-0.25, -0.2) is 0 Å². The van der Waals surface area contributed by atoms with E-state index in [4.69, 9.17) is 15.5 Å². The molecule has 0 amide bonds. The monoisotopic (exact) mass is 209 g/mol. The van der Waals surface area contributed by atoms with Crippen molar-refractivity contribution in [1.29, 1.82) is 5.26 Å². The molecule has 1 aliphatic rings. The lowest BCUT2D eigenvalue weighted by atomic mass is 9.88. The van der Waals surface area contributed by atoms with Gasteiger partial charge in [0.05, 0.1) is 12.2 Å². The predicted molar refractivity (Wildman–Crippen MR) is 55.0 cm³/mol. The predicted octanol–water partition coefficient (Wildman–Crippen LogP) is 1.35. The van der Waals surface area contributed by atoms with Crippen LogP contribution in [0.4, 0.5) is 0 Å². The second-order valence-corrected chi connectivity index (χ2v) is 3.71. The maximum atomic E-state index is 9.14. The fourth-order valence-electron chi connectivity index (χ4n) is 1.78. The summed E-state index contributed by atoms with van der Waals surface area (Å²) in [7, 11) is 0. The van der Waals surface area contributed by atoms with Gasteiger partial charge in [-0.15, -0.1) is 0 Å². The SMILES string of the molecule is CC1CC(C#N)(NCCN=[N+]=[N-])CCO1. The minimum atomic E-state index is -0.511. The average Bonchev–Trinajstić information content (AvgIpc) is 2.25. The molecule has 0 bridgehead atoms. The van der Waals surface area contributed by atoms with E-state index in [1.807, 2.05) is 6.92 Å². The lowest BCUT2D eigenvalue weighted by Gasteiger charge is -2.35. The molecular weight excluding hydrogens is 194 g/mol. The van der Waals surface area contributed by atoms with Crippen molar-refractivity contribution in [2.45, 2.75) is 31.4 Å². The molecule has 1 fully saturated rings. The van der Waals surface area contributed by atoms with Crippen molar-refractivity contribution in [2.75, 3.05) is 19.7 Å². The van der Waals surface area contributed by atoms with E-state index in [1.165, 1.54) is 0 Å². The zero-order valence-corrected chi connectivity index (χ0v) is 8.81. The maximum Gasteiger partial charge on any atom is 0.111 e. The Hall–Kier alpha value is -1.28. The Labute approximate surface area is 88.8 Å². The lowest BCUT2D eigenvalue weighted by Crippen LogP contribution is -2.51. The third kappa shape index (κ3) is 3.40. The highest BCUT2D eigenvalue weighted by Crippen LogP contribution is 2.23. The number of ether oxygens (including phenoxy) is 1. The molecule has 1 rings (SSSR count). The highest BCUT2D eigenvalue weighted by molar-refractivity contribution is 5.09. The normalized spacial score (nSPS) is 30.3. The zero-order chi connectivity index (χ0) is 11.1. The van der Waals surface area contributed by atoms with Gasteiger partial charge in [0, 0.05) is 37.4 Å². The number of rotatable bonds is 4. The topological polar surface area (TPSA) is 93.8 Å². The van der Waals surface area contributed by atoms with Crippen LogP contribution in [0.2, 0.25) is 0 Å². The summed E-state index contributed by atoms with van der Waals surface area (Å²) in [6.07, 6.45) is 1.47. The molecule has 0 saturated carbocycles. The van der Waals surface area contributed by atoms with Gasteiger partial charge in [-0.05, 0) is 12.5 Å². The molecule has 6 heteroatoms. The first-order valence-corrected chi connectivity index (χ1v) is 5.01. The Balaban J connectivity index is 2.45. The molecule has 15 heavy (non-hydrogen) atoms. The van der Waals surface area contributed by atoms with Crippen LogP contribution in [0, 0.1) is 11.3 Å². The van der Waals surface area contributed by atoms with E-state index in [0.717, 1.165) is 0 Å². The van der Waals surface area contributed by atoms with Crippen molar-refractivity contribution in [3.63, 3.8) is 0 Å². The van der Waals surface area contributed by atoms with Crippen molar-refractivity contribution in [2.24, 2.45) is 5.11 Å². The van der Waals surface area contributed by atoms with E-state index in [-0.39, 0.29) is 6.10 Å². The molecule has 0 aromatic rings. The number of nitrogens with zero attached hydrogens (tertiary/aromatic N) is 4. The van der Waals surface area contributed by atoms with Gasteiger partial charge in [-0.3, -0.25) is 5.32 Å². The van der Waals surface area contributed by atoms with Crippen LogP contribution in [0.5, 0.6) is 0 Å². The Bertz CT molecular complexity index is 293. The molecule has 0 aromatic carbocycles. The van der Waals surface area contributed by atoms with Crippen molar-refractivity contribution in [3.05, 3.63) is 10.4 Å². The maximum absolute atomic E-state index is 9.14. The Morgan fingerprint density at radius 2 is 2.60 bits per heavy atom. The van der Waals surface area contributed by atoms with Crippen molar-refractivity contribution >= 4 is 0 Å². The third-order valence-electron chi connectivity index (χ3n) is 2.52. The van der Waals surface area contributed by atoms with E-state index in [1.54, 1.807) is 0 Å². The minimum absolute atomic E-state index is 0.102. The van der Waals surface area contributed by atoms with Crippen LogP contribution < -0.4 is 5.32 Å². The highest BCUT2D eigenvalue weighted by atomic mass is 16.5. The van der Waals surface area contributed by atoms with Crippen molar-refractivity contribution in [3.8, 4) is 6.07 Å². The largest absolute Gasteiger partial charge is 0.378 e. The Kier molecular flexibility index (Phi) is 4.37. The van der Waals surface area contributed by atoms with Crippen LogP contribution >= 0.6 is 0 Å². The van der Waals surface area contributed by atoms with Gasteiger partial charge < -0.3 is 4.74 Å². The highest BCUT2D eigenvalue weighted by Gasteiger charge is 2.34. The molecule has 0 aromatic heterocycles. The smallest absolute Gasteiger partial charge is 0.111 e. The van der Waals surface area contributed by atoms with Crippen LogP contribution in [0.1, 0.15) is 19.8 Å². The van der Waals surface area contributed by atoms with Crippen LogP contribution in [-0.4, -0.2) is 31.3 Å². The molecule has 6 nitrogen and oxygen atoms in total. The van der Waals surface area contributed by atoms with E-state index in [0.29, 0.717) is 32.5 Å². The standard InChI is InChI=1S/C9H15N5O/c1-8-6-9(7-10,2-5-15-8)12-3-4-13-14-11/h8,12H,2-6H2,1H3. The van der Waals surface area contributed by atoms with E-state index in [2.05, 4.69) is 21.4 Å². The van der Waals surface area contributed by atoms with Crippen LogP contribution in [0.25, 0.3) is 10.4 Å². The summed E-state index contributed by atoms with van der Waals surface area (Å²) in [6, 6.07) is 2.30. The molecule has 0 spiro atoms. The summed E-state index contributed by atoms with van der Waals surface area (Å²) in [6.45, 7) is 3.46. The summed E-state index contributed by atoms with van der Waals surface area (Å²) < 4.78 is 5.39. The van der Waals surface area contributed by atoms with Crippen molar-refractivity contribution < 1.29 is 4.74 Å². The van der Waals surface area contributed by atoms with E-state index >= 15 is 0 Å². The molecular formula is C9H15N5O. The Morgan fingerprint density at radius 1 is 1.80 bits per heavy atom. The van der Waals surface area contributed by atoms with Gasteiger partial charge >= 0.3 is 0 Å². The van der Waals surface area contributed by atoms with Crippen LogP contribution in [-0.2, 0) is 4.74 Å². The fourth-order valence-corrected chi connectivity index (χ4v) is 1.78. The molecule has 1 heterocycles. The first-order valence-electron chi connectivity index (χ1n) is 5.01. The quantitative estimate of drug-likeness (QED) is 0.327. The fraction of sp³-hybridized carbons (Fsp3) is 0.889. The number of nitriles is 1. The summed E-state index contributed by atoms with van der Waals surface area (Å²) in [5, 5.41) is 15.7. The molecule has 1 saturated heterocycles. The number of azide groups is 1. The first-order chi connectivity index (χ1) is 7.22. The van der Waals surface area contributed by atoms with Crippen molar-refractivity contribution in [1.82, 2.24) is 5.32 Å². The van der Waals surface area contributed by atoms with E-state index < -0.39 is 5.54 Å². The van der Waals surface area contributed by atoms with Gasteiger partial charge in [0.2, 0.25) is 0 Å². The summed E-state index contributed by atoms with van der Waals surface area (Å²) in [5.41, 5.74) is 7.60. The van der Waals surface area contributed by atoms with Gasteiger partial charge in [-0.2, -0.15) is 5.26 Å².